The van der Waals surface area contributed by atoms with Crippen LogP contribution in [0.1, 0.15) is 11.3 Å². The van der Waals surface area contributed by atoms with Crippen LogP contribution in [-0.2, 0) is 4.79 Å². The van der Waals surface area contributed by atoms with Gasteiger partial charge in [0.1, 0.15) is 21.7 Å². The standard InChI is InChI=1S/C21H24N4O5S2.ClH/c1-23(2)12-5-13-24(17(26)10-6-14-7-11-18(31-14)25(27)28)21-22-19-15(29-3)8-9-16(30-4)20(19)32-21;/h6-11H,5,12-13H2,1-4H3;1H. The number of thiazole rings is 1. The lowest BCUT2D eigenvalue weighted by Crippen LogP contribution is -2.32. The fraction of sp³-hybridized carbons (Fsp3) is 0.333. The molecule has 0 spiro atoms. The number of halogens is 1. The number of nitro groups is 1. The minimum Gasteiger partial charge on any atom is -0.495 e. The van der Waals surface area contributed by atoms with E-state index >= 15 is 0 Å². The monoisotopic (exact) mass is 512 g/mol. The van der Waals surface area contributed by atoms with Crippen molar-refractivity contribution < 1.29 is 19.2 Å². The Morgan fingerprint density at radius 3 is 2.42 bits per heavy atom. The molecule has 0 unspecified atom stereocenters. The molecule has 0 saturated carbocycles. The van der Waals surface area contributed by atoms with Gasteiger partial charge in [-0.1, -0.05) is 22.7 Å². The summed E-state index contributed by atoms with van der Waals surface area (Å²) in [7, 11) is 7.11. The average molecular weight is 513 g/mol. The number of carbonyl (C=O) groups excluding carboxylic acids is 1. The Bertz CT molecular complexity index is 1100. The van der Waals surface area contributed by atoms with Gasteiger partial charge in [-0.2, -0.15) is 0 Å². The molecule has 1 amide bonds. The third-order valence-electron chi connectivity index (χ3n) is 4.57. The highest BCUT2D eigenvalue weighted by Crippen LogP contribution is 2.40. The van der Waals surface area contributed by atoms with E-state index < -0.39 is 4.92 Å². The largest absolute Gasteiger partial charge is 0.495 e. The SMILES string of the molecule is COc1ccc(OC)c2sc(N(CCCN(C)C)C(=O)C=Cc3ccc([N+](=O)[O-])s3)nc12.Cl. The van der Waals surface area contributed by atoms with Crippen LogP contribution in [0.4, 0.5) is 10.1 Å². The Kier molecular flexibility index (Phi) is 9.59. The van der Waals surface area contributed by atoms with Crippen molar-refractivity contribution in [1.82, 2.24) is 9.88 Å². The molecule has 2 aromatic heterocycles. The lowest BCUT2D eigenvalue weighted by Gasteiger charge is -2.19. The Hall–Kier alpha value is -2.73. The van der Waals surface area contributed by atoms with Crippen LogP contribution >= 0.6 is 35.1 Å². The number of nitrogens with zero attached hydrogens (tertiary/aromatic N) is 4. The lowest BCUT2D eigenvalue weighted by atomic mass is 10.3. The number of anilines is 1. The number of aromatic nitrogens is 1. The number of benzene rings is 1. The molecule has 0 bridgehead atoms. The van der Waals surface area contributed by atoms with E-state index in [-0.39, 0.29) is 23.3 Å². The lowest BCUT2D eigenvalue weighted by molar-refractivity contribution is -0.380. The highest BCUT2D eigenvalue weighted by molar-refractivity contribution is 7.22. The molecule has 3 rings (SSSR count). The topological polar surface area (TPSA) is 98.0 Å². The first-order valence-electron chi connectivity index (χ1n) is 9.74. The maximum atomic E-state index is 13.1. The molecule has 0 radical (unpaired) electrons. The number of amides is 1. The number of thiophene rings is 1. The van der Waals surface area contributed by atoms with Crippen LogP contribution in [0.25, 0.3) is 16.3 Å². The Morgan fingerprint density at radius 1 is 1.12 bits per heavy atom. The van der Waals surface area contributed by atoms with Gasteiger partial charge in [0.2, 0.25) is 0 Å². The van der Waals surface area contributed by atoms with Gasteiger partial charge in [-0.25, -0.2) is 4.98 Å². The number of rotatable bonds is 10. The Labute approximate surface area is 205 Å². The summed E-state index contributed by atoms with van der Waals surface area (Å²) in [6, 6.07) is 6.64. The van der Waals surface area contributed by atoms with Gasteiger partial charge in [0, 0.05) is 23.6 Å². The van der Waals surface area contributed by atoms with Gasteiger partial charge in [0.25, 0.3) is 5.91 Å². The fourth-order valence-corrected chi connectivity index (χ4v) is 4.84. The molecule has 0 fully saturated rings. The molecule has 0 N–H and O–H groups in total. The molecular weight excluding hydrogens is 488 g/mol. The second kappa shape index (κ2) is 11.9. The van der Waals surface area contributed by atoms with Crippen LogP contribution in [0.2, 0.25) is 0 Å². The summed E-state index contributed by atoms with van der Waals surface area (Å²) in [4.78, 5) is 32.5. The first-order valence-corrected chi connectivity index (χ1v) is 11.4. The van der Waals surface area contributed by atoms with Crippen molar-refractivity contribution in [2.24, 2.45) is 0 Å². The van der Waals surface area contributed by atoms with Crippen molar-refractivity contribution in [2.75, 3.05) is 46.3 Å². The van der Waals surface area contributed by atoms with Crippen molar-refractivity contribution in [3.05, 3.63) is 45.3 Å². The summed E-state index contributed by atoms with van der Waals surface area (Å²) >= 11 is 2.37. The van der Waals surface area contributed by atoms with Crippen LogP contribution in [0.5, 0.6) is 11.5 Å². The normalized spacial score (nSPS) is 11.1. The zero-order valence-electron chi connectivity index (χ0n) is 18.6. The summed E-state index contributed by atoms with van der Waals surface area (Å²) < 4.78 is 11.7. The second-order valence-corrected chi connectivity index (χ2v) is 9.13. The van der Waals surface area contributed by atoms with Crippen LogP contribution in [0.15, 0.2) is 30.3 Å². The maximum absolute atomic E-state index is 13.1. The zero-order chi connectivity index (χ0) is 23.3. The Morgan fingerprint density at radius 2 is 1.82 bits per heavy atom. The molecule has 0 atom stereocenters. The molecule has 0 aliphatic rings. The first-order chi connectivity index (χ1) is 15.3. The molecular formula is C21H25ClN4O5S2. The molecule has 0 aliphatic heterocycles. The van der Waals surface area contributed by atoms with E-state index in [1.54, 1.807) is 37.3 Å². The van der Waals surface area contributed by atoms with E-state index in [1.807, 2.05) is 25.1 Å². The summed E-state index contributed by atoms with van der Waals surface area (Å²) in [5, 5.41) is 11.5. The zero-order valence-corrected chi connectivity index (χ0v) is 21.1. The molecule has 9 nitrogen and oxygen atoms in total. The van der Waals surface area contributed by atoms with Crippen molar-refractivity contribution in [3.63, 3.8) is 0 Å². The third kappa shape index (κ3) is 6.41. The minimum absolute atomic E-state index is 0. The molecule has 33 heavy (non-hydrogen) atoms. The first kappa shape index (κ1) is 26.5. The number of hydrogen-bond acceptors (Lipinski definition) is 9. The van der Waals surface area contributed by atoms with E-state index in [0.717, 1.165) is 29.0 Å². The van der Waals surface area contributed by atoms with Gasteiger partial charge in [-0.05, 0) is 51.3 Å². The number of carbonyl (C=O) groups is 1. The summed E-state index contributed by atoms with van der Waals surface area (Å²) in [6.07, 6.45) is 3.76. The van der Waals surface area contributed by atoms with E-state index in [9.17, 15) is 14.9 Å². The van der Waals surface area contributed by atoms with Crippen LogP contribution < -0.4 is 14.4 Å². The molecule has 3 aromatic rings. The predicted molar refractivity (Wildman–Crippen MR) is 136 cm³/mol. The van der Waals surface area contributed by atoms with E-state index in [4.69, 9.17) is 9.47 Å². The second-order valence-electron chi connectivity index (χ2n) is 7.06. The Balaban J connectivity index is 0.00000385. The van der Waals surface area contributed by atoms with E-state index in [1.165, 1.54) is 23.5 Å². The predicted octanol–water partition coefficient (Wildman–Crippen LogP) is 4.70. The van der Waals surface area contributed by atoms with Gasteiger partial charge >= 0.3 is 5.00 Å². The summed E-state index contributed by atoms with van der Waals surface area (Å²) in [5.74, 6) is 1.01. The van der Waals surface area contributed by atoms with Gasteiger partial charge < -0.3 is 14.4 Å². The average Bonchev–Trinajstić information content (AvgIpc) is 3.41. The van der Waals surface area contributed by atoms with Crippen molar-refractivity contribution >= 4 is 67.4 Å². The molecule has 0 saturated heterocycles. The highest BCUT2D eigenvalue weighted by Gasteiger charge is 2.21. The van der Waals surface area contributed by atoms with Crippen LogP contribution in [0, 0.1) is 10.1 Å². The van der Waals surface area contributed by atoms with Gasteiger partial charge in [-0.3, -0.25) is 19.8 Å². The number of methoxy groups -OCH3 is 2. The number of fused-ring (bicyclic) bond motifs is 1. The fourth-order valence-electron chi connectivity index (χ4n) is 3.01. The van der Waals surface area contributed by atoms with Gasteiger partial charge in [0.05, 0.1) is 19.1 Å². The van der Waals surface area contributed by atoms with E-state index in [0.29, 0.717) is 33.6 Å². The third-order valence-corrected chi connectivity index (χ3v) is 6.66. The molecule has 2 heterocycles. The number of ether oxygens (including phenoxy) is 2. The minimum atomic E-state index is -0.445. The highest BCUT2D eigenvalue weighted by atomic mass is 35.5. The number of hydrogen-bond donors (Lipinski definition) is 0. The molecule has 12 heteroatoms. The van der Waals surface area contributed by atoms with E-state index in [2.05, 4.69) is 4.98 Å². The van der Waals surface area contributed by atoms with Gasteiger partial charge in [-0.15, -0.1) is 12.4 Å². The summed E-state index contributed by atoms with van der Waals surface area (Å²) in [5.41, 5.74) is 0.634. The van der Waals surface area contributed by atoms with Crippen molar-refractivity contribution in [2.45, 2.75) is 6.42 Å². The van der Waals surface area contributed by atoms with Gasteiger partial charge in [0.15, 0.2) is 5.13 Å². The maximum Gasteiger partial charge on any atom is 0.324 e. The molecule has 178 valence electrons. The smallest absolute Gasteiger partial charge is 0.324 e. The molecule has 1 aromatic carbocycles. The quantitative estimate of drug-likeness (QED) is 0.220. The molecule has 0 aliphatic carbocycles. The van der Waals surface area contributed by atoms with Crippen molar-refractivity contribution in [1.29, 1.82) is 0 Å². The van der Waals surface area contributed by atoms with Crippen molar-refractivity contribution in [3.8, 4) is 11.5 Å². The van der Waals surface area contributed by atoms with Crippen LogP contribution in [-0.4, -0.2) is 62.1 Å². The summed E-state index contributed by atoms with van der Waals surface area (Å²) in [6.45, 7) is 1.28. The van der Waals surface area contributed by atoms with Crippen LogP contribution in [0.3, 0.4) is 0 Å².